The van der Waals surface area contributed by atoms with Crippen LogP contribution < -0.4 is 14.8 Å². The van der Waals surface area contributed by atoms with Crippen LogP contribution in [0.2, 0.25) is 0 Å². The average Bonchev–Trinajstić information content (AvgIpc) is 3.31. The van der Waals surface area contributed by atoms with Gasteiger partial charge in [0.15, 0.2) is 22.4 Å². The maximum absolute atomic E-state index is 12.9. The second-order valence-corrected chi connectivity index (χ2v) is 9.02. The highest BCUT2D eigenvalue weighted by Crippen LogP contribution is 2.38. The first kappa shape index (κ1) is 21.6. The van der Waals surface area contributed by atoms with Gasteiger partial charge in [-0.15, -0.1) is 0 Å². The number of aromatic nitrogens is 1. The third-order valence-corrected chi connectivity index (χ3v) is 6.91. The van der Waals surface area contributed by atoms with Crippen molar-refractivity contribution in [1.29, 1.82) is 0 Å². The largest absolute Gasteiger partial charge is 0.490 e. The number of amides is 1. The van der Waals surface area contributed by atoms with Gasteiger partial charge in [-0.1, -0.05) is 17.4 Å². The summed E-state index contributed by atoms with van der Waals surface area (Å²) in [6.45, 7) is 6.17. The lowest BCUT2D eigenvalue weighted by molar-refractivity contribution is -0.132. The van der Waals surface area contributed by atoms with E-state index in [1.807, 2.05) is 24.0 Å². The van der Waals surface area contributed by atoms with E-state index >= 15 is 0 Å². The van der Waals surface area contributed by atoms with E-state index in [0.717, 1.165) is 60.1 Å². The molecule has 0 aliphatic carbocycles. The Morgan fingerprint density at radius 3 is 2.81 bits per heavy atom. The smallest absolute Gasteiger partial charge is 0.223 e. The minimum atomic E-state index is 0.0352. The lowest BCUT2D eigenvalue weighted by Gasteiger charge is -2.26. The number of benzene rings is 1. The first-order valence-electron chi connectivity index (χ1n) is 10.9. The summed E-state index contributed by atoms with van der Waals surface area (Å²) >= 11 is 1.37. The van der Waals surface area contributed by atoms with Crippen LogP contribution in [-0.2, 0) is 4.79 Å². The fraction of sp³-hybridized carbons (Fsp3) is 0.522. The highest BCUT2D eigenvalue weighted by molar-refractivity contribution is 7.17. The van der Waals surface area contributed by atoms with Gasteiger partial charge < -0.3 is 19.7 Å². The molecule has 0 spiro atoms. The molecule has 1 aromatic carbocycles. The number of ether oxygens (including phenoxy) is 2. The maximum Gasteiger partial charge on any atom is 0.223 e. The lowest BCUT2D eigenvalue weighted by Crippen LogP contribution is -2.30. The van der Waals surface area contributed by atoms with Gasteiger partial charge in [-0.3, -0.25) is 9.59 Å². The predicted molar refractivity (Wildman–Crippen MR) is 120 cm³/mol. The first-order valence-corrected chi connectivity index (χ1v) is 11.8. The van der Waals surface area contributed by atoms with Crippen LogP contribution in [0.3, 0.4) is 0 Å². The molecule has 31 heavy (non-hydrogen) atoms. The Morgan fingerprint density at radius 2 is 2.03 bits per heavy atom. The number of hydrogen-bond acceptors (Lipinski definition) is 7. The zero-order valence-electron chi connectivity index (χ0n) is 18.1. The summed E-state index contributed by atoms with van der Waals surface area (Å²) in [7, 11) is 0. The third kappa shape index (κ3) is 5.01. The zero-order valence-corrected chi connectivity index (χ0v) is 18.9. The molecule has 0 bridgehead atoms. The molecule has 166 valence electrons. The molecule has 0 radical (unpaired) electrons. The molecule has 1 saturated heterocycles. The Morgan fingerprint density at radius 1 is 1.23 bits per heavy atom. The SMILES string of the molecule is CC(=O)c1sc(NCCCC(=O)N2CCCC2c2ccc3c(c2)OCCCO3)nc1C. The molecule has 1 atom stereocenters. The van der Waals surface area contributed by atoms with Gasteiger partial charge in [0.2, 0.25) is 5.91 Å². The molecule has 1 aromatic heterocycles. The number of rotatable bonds is 7. The molecule has 0 saturated carbocycles. The molecule has 1 unspecified atom stereocenters. The summed E-state index contributed by atoms with van der Waals surface area (Å²) in [4.78, 5) is 31.6. The van der Waals surface area contributed by atoms with E-state index < -0.39 is 0 Å². The molecular formula is C23H29N3O4S. The number of Topliss-reactive ketones (excluding diaryl/α,β-unsaturated/α-hetero) is 1. The number of carbonyl (C=O) groups excluding carboxylic acids is 2. The van der Waals surface area contributed by atoms with E-state index in [2.05, 4.69) is 16.4 Å². The Balaban J connectivity index is 1.31. The van der Waals surface area contributed by atoms with Gasteiger partial charge in [0.1, 0.15) is 0 Å². The first-order chi connectivity index (χ1) is 15.0. The van der Waals surface area contributed by atoms with Crippen LogP contribution in [0.5, 0.6) is 11.5 Å². The summed E-state index contributed by atoms with van der Waals surface area (Å²) < 4.78 is 11.6. The van der Waals surface area contributed by atoms with Crippen molar-refractivity contribution < 1.29 is 19.1 Å². The Bertz CT molecular complexity index is 958. The lowest BCUT2D eigenvalue weighted by atomic mass is 10.0. The molecule has 2 aliphatic rings. The average molecular weight is 444 g/mol. The number of aryl methyl sites for hydroxylation is 1. The fourth-order valence-electron chi connectivity index (χ4n) is 4.18. The van der Waals surface area contributed by atoms with Crippen molar-refractivity contribution in [3.8, 4) is 11.5 Å². The summed E-state index contributed by atoms with van der Waals surface area (Å²) in [5.41, 5.74) is 1.87. The highest BCUT2D eigenvalue weighted by atomic mass is 32.1. The monoisotopic (exact) mass is 443 g/mol. The topological polar surface area (TPSA) is 80.8 Å². The predicted octanol–water partition coefficient (Wildman–Crippen LogP) is 4.37. The van der Waals surface area contributed by atoms with Crippen LogP contribution >= 0.6 is 11.3 Å². The summed E-state index contributed by atoms with van der Waals surface area (Å²) in [6.07, 6.45) is 4.06. The van der Waals surface area contributed by atoms with Gasteiger partial charge in [-0.05, 0) is 43.9 Å². The van der Waals surface area contributed by atoms with Gasteiger partial charge in [-0.2, -0.15) is 0 Å². The van der Waals surface area contributed by atoms with Crippen LogP contribution in [-0.4, -0.2) is 47.9 Å². The van der Waals surface area contributed by atoms with Gasteiger partial charge in [0, 0.05) is 32.9 Å². The van der Waals surface area contributed by atoms with Gasteiger partial charge in [-0.25, -0.2) is 4.98 Å². The Labute approximate surface area is 186 Å². The van der Waals surface area contributed by atoms with Crippen molar-refractivity contribution in [3.63, 3.8) is 0 Å². The van der Waals surface area contributed by atoms with Crippen molar-refractivity contribution in [2.45, 2.75) is 52.0 Å². The quantitative estimate of drug-likeness (QED) is 0.506. The molecule has 1 fully saturated rings. The molecular weight excluding hydrogens is 414 g/mol. The molecule has 4 rings (SSSR count). The second-order valence-electron chi connectivity index (χ2n) is 8.02. The van der Waals surface area contributed by atoms with E-state index in [1.165, 1.54) is 11.3 Å². The van der Waals surface area contributed by atoms with Crippen LogP contribution in [0.15, 0.2) is 18.2 Å². The van der Waals surface area contributed by atoms with Crippen molar-refractivity contribution in [2.75, 3.05) is 31.6 Å². The minimum absolute atomic E-state index is 0.0352. The number of nitrogens with one attached hydrogen (secondary N) is 1. The van der Waals surface area contributed by atoms with E-state index in [9.17, 15) is 9.59 Å². The number of anilines is 1. The number of nitrogens with zero attached hydrogens (tertiary/aromatic N) is 2. The number of thiazole rings is 1. The van der Waals surface area contributed by atoms with Crippen molar-refractivity contribution >= 4 is 28.2 Å². The number of likely N-dealkylation sites (tertiary alicyclic amines) is 1. The summed E-state index contributed by atoms with van der Waals surface area (Å²) in [5.74, 6) is 1.78. The maximum atomic E-state index is 12.9. The summed E-state index contributed by atoms with van der Waals surface area (Å²) in [5, 5.41) is 3.98. The number of fused-ring (bicyclic) bond motifs is 1. The number of ketones is 1. The second kappa shape index (κ2) is 9.68. The Kier molecular flexibility index (Phi) is 6.75. The van der Waals surface area contributed by atoms with Crippen molar-refractivity contribution in [2.24, 2.45) is 0 Å². The molecule has 3 heterocycles. The molecule has 2 aliphatic heterocycles. The molecule has 8 heteroatoms. The molecule has 2 aromatic rings. The number of carbonyl (C=O) groups is 2. The van der Waals surface area contributed by atoms with E-state index in [1.54, 1.807) is 6.92 Å². The van der Waals surface area contributed by atoms with Crippen LogP contribution in [0.25, 0.3) is 0 Å². The van der Waals surface area contributed by atoms with E-state index in [-0.39, 0.29) is 17.7 Å². The van der Waals surface area contributed by atoms with E-state index in [0.29, 0.717) is 31.1 Å². The van der Waals surface area contributed by atoms with Gasteiger partial charge in [0.25, 0.3) is 0 Å². The third-order valence-electron chi connectivity index (χ3n) is 5.69. The fourth-order valence-corrected chi connectivity index (χ4v) is 5.06. The summed E-state index contributed by atoms with van der Waals surface area (Å²) in [6, 6.07) is 6.16. The van der Waals surface area contributed by atoms with Crippen LogP contribution in [0, 0.1) is 6.92 Å². The van der Waals surface area contributed by atoms with Crippen molar-refractivity contribution in [1.82, 2.24) is 9.88 Å². The number of hydrogen-bond donors (Lipinski definition) is 1. The normalized spacial score (nSPS) is 18.0. The standard InChI is InChI=1S/C23H29N3O4S/c1-15-22(16(2)27)31-23(25-15)24-10-3-7-21(28)26-11-4-6-18(26)17-8-9-19-20(14-17)30-13-5-12-29-19/h8-9,14,18H,3-7,10-13H2,1-2H3,(H,24,25). The van der Waals surface area contributed by atoms with Crippen LogP contribution in [0.4, 0.5) is 5.13 Å². The molecule has 1 N–H and O–H groups in total. The van der Waals surface area contributed by atoms with Gasteiger partial charge >= 0.3 is 0 Å². The zero-order chi connectivity index (χ0) is 21.8. The Hall–Kier alpha value is -2.61. The van der Waals surface area contributed by atoms with Crippen molar-refractivity contribution in [3.05, 3.63) is 34.3 Å². The minimum Gasteiger partial charge on any atom is -0.490 e. The van der Waals surface area contributed by atoms with E-state index in [4.69, 9.17) is 9.47 Å². The molecule has 1 amide bonds. The van der Waals surface area contributed by atoms with Gasteiger partial charge in [0.05, 0.1) is 29.8 Å². The highest BCUT2D eigenvalue weighted by Gasteiger charge is 2.30. The van der Waals surface area contributed by atoms with Crippen LogP contribution in [0.1, 0.15) is 66.0 Å². The molecule has 7 nitrogen and oxygen atoms in total.